The summed E-state index contributed by atoms with van der Waals surface area (Å²) in [4.78, 5) is 8.49. The van der Waals surface area contributed by atoms with Gasteiger partial charge in [0, 0.05) is 23.6 Å². The van der Waals surface area contributed by atoms with E-state index < -0.39 is 0 Å². The van der Waals surface area contributed by atoms with Crippen molar-refractivity contribution >= 4 is 5.69 Å². The molecule has 3 heteroatoms. The molecule has 0 saturated heterocycles. The van der Waals surface area contributed by atoms with E-state index in [-0.39, 0.29) is 0 Å². The van der Waals surface area contributed by atoms with Gasteiger partial charge < -0.3 is 5.73 Å². The Balaban J connectivity index is 2.06. The maximum absolute atomic E-state index is 5.91. The Bertz CT molecular complexity index is 504. The molecule has 2 aromatic rings. The highest BCUT2D eigenvalue weighted by molar-refractivity contribution is 5.63. The van der Waals surface area contributed by atoms with Gasteiger partial charge in [0.05, 0.1) is 0 Å². The van der Waals surface area contributed by atoms with Crippen molar-refractivity contribution in [3.05, 3.63) is 42.2 Å². The van der Waals surface area contributed by atoms with Gasteiger partial charge in [-0.15, -0.1) is 0 Å². The number of nitrogen functional groups attached to an aromatic ring is 1. The molecule has 3 rings (SSSR count). The van der Waals surface area contributed by atoms with Gasteiger partial charge in [-0.3, -0.25) is 0 Å². The van der Waals surface area contributed by atoms with Gasteiger partial charge in [-0.1, -0.05) is 0 Å². The average Bonchev–Trinajstić information content (AvgIpc) is 3.13. The number of nitrogens with zero attached hydrogens (tertiary/aromatic N) is 2. The molecule has 2 N–H and O–H groups in total. The van der Waals surface area contributed by atoms with Crippen molar-refractivity contribution in [1.29, 1.82) is 0 Å². The predicted octanol–water partition coefficient (Wildman–Crippen LogP) is 2.60. The number of anilines is 1. The van der Waals surface area contributed by atoms with Gasteiger partial charge >= 0.3 is 0 Å². The fourth-order valence-corrected chi connectivity index (χ4v) is 1.91. The van der Waals surface area contributed by atoms with Gasteiger partial charge in [0.2, 0.25) is 0 Å². The van der Waals surface area contributed by atoms with E-state index in [2.05, 4.69) is 22.1 Å². The van der Waals surface area contributed by atoms with E-state index in [1.165, 1.54) is 18.4 Å². The van der Waals surface area contributed by atoms with Crippen LogP contribution in [0.25, 0.3) is 11.4 Å². The summed E-state index contributed by atoms with van der Waals surface area (Å²) in [6.07, 6.45) is 6.06. The largest absolute Gasteiger partial charge is 0.399 e. The molecule has 0 radical (unpaired) electrons. The van der Waals surface area contributed by atoms with E-state index in [4.69, 9.17) is 5.73 Å². The molecule has 1 fully saturated rings. The maximum atomic E-state index is 5.91. The van der Waals surface area contributed by atoms with E-state index >= 15 is 0 Å². The molecular formula is C13H13N3. The zero-order valence-electron chi connectivity index (χ0n) is 8.93. The molecule has 80 valence electrons. The summed E-state index contributed by atoms with van der Waals surface area (Å²) in [6, 6.07) is 7.96. The number of rotatable bonds is 2. The lowest BCUT2D eigenvalue weighted by Gasteiger charge is -2.05. The molecule has 0 spiro atoms. The second-order valence-electron chi connectivity index (χ2n) is 4.24. The fourth-order valence-electron chi connectivity index (χ4n) is 1.91. The van der Waals surface area contributed by atoms with Crippen molar-refractivity contribution < 1.29 is 0 Å². The van der Waals surface area contributed by atoms with Gasteiger partial charge in [-0.05, 0) is 48.6 Å². The van der Waals surface area contributed by atoms with Crippen LogP contribution in [0.4, 0.5) is 5.69 Å². The third kappa shape index (κ3) is 1.76. The first-order chi connectivity index (χ1) is 7.83. The second kappa shape index (κ2) is 3.59. The van der Waals surface area contributed by atoms with Crippen LogP contribution in [0.2, 0.25) is 0 Å². The highest BCUT2D eigenvalue weighted by Crippen LogP contribution is 2.41. The first-order valence-electron chi connectivity index (χ1n) is 5.51. The minimum atomic E-state index is 0.700. The summed E-state index contributed by atoms with van der Waals surface area (Å²) in [5, 5.41) is 0. The normalized spacial score (nSPS) is 15.0. The van der Waals surface area contributed by atoms with E-state index in [0.29, 0.717) is 5.92 Å². The van der Waals surface area contributed by atoms with E-state index in [1.807, 2.05) is 12.1 Å². The zero-order chi connectivity index (χ0) is 11.0. The summed E-state index contributed by atoms with van der Waals surface area (Å²) in [6.45, 7) is 0. The van der Waals surface area contributed by atoms with Gasteiger partial charge in [0.25, 0.3) is 0 Å². The third-order valence-electron chi connectivity index (χ3n) is 2.85. The molecule has 1 aliphatic rings. The zero-order valence-corrected chi connectivity index (χ0v) is 8.93. The Morgan fingerprint density at radius 3 is 2.50 bits per heavy atom. The van der Waals surface area contributed by atoms with Crippen molar-refractivity contribution in [3.8, 4) is 11.4 Å². The standard InChI is InChI=1S/C13H13N3/c14-12-7-10(9-2-3-9)6-11(8-12)13-15-4-1-5-16-13/h1,4-9H,2-3,14H2. The van der Waals surface area contributed by atoms with Gasteiger partial charge in [-0.25, -0.2) is 9.97 Å². The topological polar surface area (TPSA) is 51.8 Å². The molecule has 1 aliphatic carbocycles. The smallest absolute Gasteiger partial charge is 0.159 e. The Labute approximate surface area is 94.4 Å². The predicted molar refractivity (Wildman–Crippen MR) is 63.9 cm³/mol. The molecule has 1 aromatic carbocycles. The Kier molecular flexibility index (Phi) is 2.10. The van der Waals surface area contributed by atoms with Crippen LogP contribution in [-0.2, 0) is 0 Å². The molecule has 3 nitrogen and oxygen atoms in total. The van der Waals surface area contributed by atoms with E-state index in [1.54, 1.807) is 12.4 Å². The van der Waals surface area contributed by atoms with Crippen LogP contribution in [0, 0.1) is 0 Å². The van der Waals surface area contributed by atoms with Crippen LogP contribution in [0.5, 0.6) is 0 Å². The molecular weight excluding hydrogens is 198 g/mol. The van der Waals surface area contributed by atoms with E-state index in [0.717, 1.165) is 17.1 Å². The highest BCUT2D eigenvalue weighted by Gasteiger charge is 2.24. The summed E-state index contributed by atoms with van der Waals surface area (Å²) < 4.78 is 0. The minimum Gasteiger partial charge on any atom is -0.399 e. The average molecular weight is 211 g/mol. The maximum Gasteiger partial charge on any atom is 0.159 e. The molecule has 0 amide bonds. The number of nitrogens with two attached hydrogens (primary N) is 1. The summed E-state index contributed by atoms with van der Waals surface area (Å²) in [5.41, 5.74) is 9.04. The monoisotopic (exact) mass is 211 g/mol. The molecule has 1 heterocycles. The number of benzene rings is 1. The third-order valence-corrected chi connectivity index (χ3v) is 2.85. The van der Waals surface area contributed by atoms with Crippen molar-refractivity contribution in [2.24, 2.45) is 0 Å². The van der Waals surface area contributed by atoms with Crippen molar-refractivity contribution in [3.63, 3.8) is 0 Å². The number of hydrogen-bond donors (Lipinski definition) is 1. The van der Waals surface area contributed by atoms with Gasteiger partial charge in [0.1, 0.15) is 0 Å². The van der Waals surface area contributed by atoms with Crippen molar-refractivity contribution in [2.75, 3.05) is 5.73 Å². The molecule has 1 saturated carbocycles. The minimum absolute atomic E-state index is 0.700. The van der Waals surface area contributed by atoms with Gasteiger partial charge in [-0.2, -0.15) is 0 Å². The Morgan fingerprint density at radius 1 is 1.06 bits per heavy atom. The lowest BCUT2D eigenvalue weighted by molar-refractivity contribution is 1.12. The quantitative estimate of drug-likeness (QED) is 0.777. The Hall–Kier alpha value is -1.90. The Morgan fingerprint density at radius 2 is 1.81 bits per heavy atom. The lowest BCUT2D eigenvalue weighted by Crippen LogP contribution is -1.92. The summed E-state index contributed by atoms with van der Waals surface area (Å²) >= 11 is 0. The summed E-state index contributed by atoms with van der Waals surface area (Å²) in [7, 11) is 0. The molecule has 16 heavy (non-hydrogen) atoms. The fraction of sp³-hybridized carbons (Fsp3) is 0.231. The van der Waals surface area contributed by atoms with Crippen LogP contribution in [0.15, 0.2) is 36.7 Å². The second-order valence-corrected chi connectivity index (χ2v) is 4.24. The lowest BCUT2D eigenvalue weighted by atomic mass is 10.1. The van der Waals surface area contributed by atoms with Crippen LogP contribution >= 0.6 is 0 Å². The number of hydrogen-bond acceptors (Lipinski definition) is 3. The van der Waals surface area contributed by atoms with E-state index in [9.17, 15) is 0 Å². The molecule has 1 aromatic heterocycles. The highest BCUT2D eigenvalue weighted by atomic mass is 14.8. The summed E-state index contributed by atoms with van der Waals surface area (Å²) in [5.74, 6) is 1.45. The molecule has 0 bridgehead atoms. The molecule has 0 aliphatic heterocycles. The SMILES string of the molecule is Nc1cc(-c2ncccn2)cc(C2CC2)c1. The molecule has 0 unspecified atom stereocenters. The first-order valence-corrected chi connectivity index (χ1v) is 5.51. The van der Waals surface area contributed by atoms with Crippen molar-refractivity contribution in [1.82, 2.24) is 9.97 Å². The van der Waals surface area contributed by atoms with Crippen LogP contribution in [-0.4, -0.2) is 9.97 Å². The molecule has 0 atom stereocenters. The van der Waals surface area contributed by atoms with Crippen LogP contribution in [0.1, 0.15) is 24.3 Å². The van der Waals surface area contributed by atoms with Crippen LogP contribution in [0.3, 0.4) is 0 Å². The van der Waals surface area contributed by atoms with Crippen LogP contribution < -0.4 is 5.73 Å². The van der Waals surface area contributed by atoms with Gasteiger partial charge in [0.15, 0.2) is 5.82 Å². The number of aromatic nitrogens is 2. The first kappa shape index (κ1) is 9.33. The van der Waals surface area contributed by atoms with Crippen molar-refractivity contribution in [2.45, 2.75) is 18.8 Å².